The smallest absolute Gasteiger partial charge is 0.311 e. The monoisotopic (exact) mass is 330 g/mol. The van der Waals surface area contributed by atoms with E-state index < -0.39 is 20.3 Å². The Hall–Kier alpha value is -0.393. The Morgan fingerprint density at radius 3 is 2.32 bits per heavy atom. The largest absolute Gasteiger partial charge is 0.462 e. The zero-order valence-corrected chi connectivity index (χ0v) is 16.5. The highest BCUT2D eigenvalue weighted by atomic mass is 28.4. The third kappa shape index (κ3) is 4.33. The number of aliphatic hydroxyl groups excluding tert-OH is 1. The van der Waals surface area contributed by atoms with Gasteiger partial charge in [-0.05, 0) is 37.9 Å². The molecule has 0 bridgehead atoms. The maximum Gasteiger partial charge on any atom is 0.311 e. The summed E-state index contributed by atoms with van der Waals surface area (Å²) in [6, 6.07) is 0. The topological polar surface area (TPSA) is 55.8 Å². The second-order valence-electron chi connectivity index (χ2n) is 8.25. The first-order valence-electron chi connectivity index (χ1n) is 8.47. The molecule has 0 aromatic carbocycles. The van der Waals surface area contributed by atoms with Crippen molar-refractivity contribution in [2.24, 2.45) is 11.8 Å². The normalized spacial score (nSPS) is 34.8. The van der Waals surface area contributed by atoms with Crippen molar-refractivity contribution < 1.29 is 19.1 Å². The van der Waals surface area contributed by atoms with Gasteiger partial charge in [0.05, 0.1) is 18.1 Å². The molecule has 0 aromatic rings. The number of carbonyl (C=O) groups is 1. The van der Waals surface area contributed by atoms with Crippen LogP contribution in [-0.2, 0) is 14.0 Å². The highest BCUT2D eigenvalue weighted by Gasteiger charge is 2.44. The molecule has 0 aromatic heterocycles. The summed E-state index contributed by atoms with van der Waals surface area (Å²) in [5.41, 5.74) is 0. The molecule has 1 heterocycles. The van der Waals surface area contributed by atoms with E-state index in [0.29, 0.717) is 6.42 Å². The van der Waals surface area contributed by atoms with Crippen molar-refractivity contribution in [3.05, 3.63) is 0 Å². The Morgan fingerprint density at radius 1 is 1.32 bits per heavy atom. The highest BCUT2D eigenvalue weighted by Crippen LogP contribution is 2.40. The average molecular weight is 331 g/mol. The quantitative estimate of drug-likeness (QED) is 0.633. The highest BCUT2D eigenvalue weighted by molar-refractivity contribution is 6.74. The van der Waals surface area contributed by atoms with E-state index in [2.05, 4.69) is 40.8 Å². The van der Waals surface area contributed by atoms with E-state index in [1.807, 2.05) is 6.92 Å². The predicted octanol–water partition coefficient (Wildman–Crippen LogP) is 3.74. The molecule has 1 N–H and O–H groups in total. The molecule has 0 spiro atoms. The van der Waals surface area contributed by atoms with Crippen LogP contribution in [0.5, 0.6) is 0 Å². The number of rotatable bonds is 3. The summed E-state index contributed by atoms with van der Waals surface area (Å²) < 4.78 is 12.2. The molecule has 1 fully saturated rings. The Labute approximate surface area is 136 Å². The molecule has 0 radical (unpaired) electrons. The maximum atomic E-state index is 12.0. The molecule has 130 valence electrons. The molecule has 0 amide bonds. The van der Waals surface area contributed by atoms with Crippen molar-refractivity contribution in [2.75, 3.05) is 0 Å². The molecule has 0 saturated carbocycles. The van der Waals surface area contributed by atoms with Gasteiger partial charge in [-0.1, -0.05) is 34.6 Å². The molecule has 1 saturated heterocycles. The van der Waals surface area contributed by atoms with Gasteiger partial charge in [-0.2, -0.15) is 0 Å². The molecule has 5 atom stereocenters. The van der Waals surface area contributed by atoms with Crippen LogP contribution in [0.3, 0.4) is 0 Å². The number of esters is 1. The summed E-state index contributed by atoms with van der Waals surface area (Å²) in [4.78, 5) is 12.0. The predicted molar refractivity (Wildman–Crippen MR) is 91.2 cm³/mol. The lowest BCUT2D eigenvalue weighted by Gasteiger charge is -2.44. The minimum atomic E-state index is -1.94. The van der Waals surface area contributed by atoms with Crippen LogP contribution in [0.1, 0.15) is 54.4 Å². The van der Waals surface area contributed by atoms with Gasteiger partial charge in [0, 0.05) is 5.92 Å². The number of hydrogen-bond acceptors (Lipinski definition) is 4. The Balaban J connectivity index is 3.02. The first-order chi connectivity index (χ1) is 9.90. The van der Waals surface area contributed by atoms with Crippen molar-refractivity contribution in [3.8, 4) is 0 Å². The summed E-state index contributed by atoms with van der Waals surface area (Å²) in [5, 5.41) is 10.4. The average Bonchev–Trinajstić information content (AvgIpc) is 2.39. The molecule has 1 aliphatic heterocycles. The van der Waals surface area contributed by atoms with Crippen molar-refractivity contribution in [3.63, 3.8) is 0 Å². The Morgan fingerprint density at radius 2 is 1.86 bits per heavy atom. The van der Waals surface area contributed by atoms with Gasteiger partial charge in [-0.3, -0.25) is 4.79 Å². The minimum Gasteiger partial charge on any atom is -0.462 e. The lowest BCUT2D eigenvalue weighted by atomic mass is 9.87. The third-order valence-electron chi connectivity index (χ3n) is 5.52. The Bertz CT molecular complexity index is 389. The SMILES string of the molecule is CC[C@H]1OC(=O)C(C)C(O)C[C@H](O[Si](C)(C)C(C)(C)C)[C@H]1C. The molecular formula is C17H34O4Si. The van der Waals surface area contributed by atoms with Gasteiger partial charge in [0.15, 0.2) is 8.32 Å². The van der Waals surface area contributed by atoms with Crippen LogP contribution in [-0.4, -0.2) is 37.7 Å². The van der Waals surface area contributed by atoms with Gasteiger partial charge in [-0.25, -0.2) is 0 Å². The molecular weight excluding hydrogens is 296 g/mol. The van der Waals surface area contributed by atoms with Gasteiger partial charge in [-0.15, -0.1) is 0 Å². The van der Waals surface area contributed by atoms with E-state index in [1.165, 1.54) is 0 Å². The summed E-state index contributed by atoms with van der Waals surface area (Å²) in [6.07, 6.45) is 0.351. The lowest BCUT2D eigenvalue weighted by Crippen LogP contribution is -2.50. The second kappa shape index (κ2) is 7.01. The molecule has 22 heavy (non-hydrogen) atoms. The van der Waals surface area contributed by atoms with Crippen LogP contribution in [0.25, 0.3) is 0 Å². The van der Waals surface area contributed by atoms with Crippen molar-refractivity contribution in [2.45, 2.75) is 90.8 Å². The number of ether oxygens (including phenoxy) is 1. The molecule has 5 heteroatoms. The molecule has 0 aliphatic carbocycles. The van der Waals surface area contributed by atoms with E-state index >= 15 is 0 Å². The van der Waals surface area contributed by atoms with Crippen LogP contribution < -0.4 is 0 Å². The first kappa shape index (κ1) is 19.7. The molecule has 1 rings (SSSR count). The summed E-state index contributed by atoms with van der Waals surface area (Å²) in [5.74, 6) is -0.700. The van der Waals surface area contributed by atoms with Crippen molar-refractivity contribution >= 4 is 14.3 Å². The zero-order chi connectivity index (χ0) is 17.3. The molecule has 4 nitrogen and oxygen atoms in total. The van der Waals surface area contributed by atoms with Gasteiger partial charge in [0.25, 0.3) is 0 Å². The number of carbonyl (C=O) groups excluding carboxylic acids is 1. The summed E-state index contributed by atoms with van der Waals surface area (Å²) >= 11 is 0. The summed E-state index contributed by atoms with van der Waals surface area (Å²) in [6.45, 7) is 16.9. The summed E-state index contributed by atoms with van der Waals surface area (Å²) in [7, 11) is -1.94. The van der Waals surface area contributed by atoms with E-state index in [-0.39, 0.29) is 29.1 Å². The van der Waals surface area contributed by atoms with Crippen LogP contribution in [0.4, 0.5) is 0 Å². The van der Waals surface area contributed by atoms with Gasteiger partial charge >= 0.3 is 5.97 Å². The van der Waals surface area contributed by atoms with E-state index in [9.17, 15) is 9.90 Å². The fourth-order valence-corrected chi connectivity index (χ4v) is 4.00. The van der Waals surface area contributed by atoms with Crippen molar-refractivity contribution in [1.29, 1.82) is 0 Å². The van der Waals surface area contributed by atoms with E-state index in [1.54, 1.807) is 6.92 Å². The van der Waals surface area contributed by atoms with Crippen molar-refractivity contribution in [1.82, 2.24) is 0 Å². The molecule has 1 aliphatic rings. The Kier molecular flexibility index (Phi) is 6.27. The first-order valence-corrected chi connectivity index (χ1v) is 11.4. The van der Waals surface area contributed by atoms with E-state index in [4.69, 9.17) is 9.16 Å². The van der Waals surface area contributed by atoms with Crippen LogP contribution in [0, 0.1) is 11.8 Å². The van der Waals surface area contributed by atoms with Gasteiger partial charge in [0.1, 0.15) is 6.10 Å². The number of hydrogen-bond donors (Lipinski definition) is 1. The second-order valence-corrected chi connectivity index (χ2v) is 13.0. The fourth-order valence-electron chi connectivity index (χ4n) is 2.58. The van der Waals surface area contributed by atoms with Crippen LogP contribution in [0.2, 0.25) is 18.1 Å². The number of aliphatic hydroxyl groups is 1. The van der Waals surface area contributed by atoms with Crippen LogP contribution in [0.15, 0.2) is 0 Å². The van der Waals surface area contributed by atoms with Crippen LogP contribution >= 0.6 is 0 Å². The number of cyclic esters (lactones) is 1. The standard InChI is InChI=1S/C17H34O4Si/c1-9-14-12(3)15(21-22(7,8)17(4,5)6)10-13(18)11(2)16(19)20-14/h11-15,18H,9-10H2,1-8H3/t11?,12-,13?,14+,15-/m0/s1. The zero-order valence-electron chi connectivity index (χ0n) is 15.5. The fraction of sp³-hybridized carbons (Fsp3) is 0.941. The minimum absolute atomic E-state index is 0.0728. The van der Waals surface area contributed by atoms with Gasteiger partial charge < -0.3 is 14.3 Å². The van der Waals surface area contributed by atoms with E-state index in [0.717, 1.165) is 6.42 Å². The third-order valence-corrected chi connectivity index (χ3v) is 10.0. The lowest BCUT2D eigenvalue weighted by molar-refractivity contribution is -0.167. The van der Waals surface area contributed by atoms with Gasteiger partial charge in [0.2, 0.25) is 0 Å². The maximum absolute atomic E-state index is 12.0. The molecule has 2 unspecified atom stereocenters.